The van der Waals surface area contributed by atoms with Crippen LogP contribution < -0.4 is 5.73 Å². The number of nitrogens with zero attached hydrogens (tertiary/aromatic N) is 4. The number of rotatable bonds is 11. The quantitative estimate of drug-likeness (QED) is 0.105. The summed E-state index contributed by atoms with van der Waals surface area (Å²) in [7, 11) is 3.09. The number of nitrogens with two attached hydrogens (primary N) is 1. The lowest BCUT2D eigenvalue weighted by Crippen LogP contribution is -2.47. The molecule has 0 fully saturated rings. The topological polar surface area (TPSA) is 182 Å². The summed E-state index contributed by atoms with van der Waals surface area (Å²) < 4.78 is 10.4. The van der Waals surface area contributed by atoms with E-state index in [0.29, 0.717) is 38.5 Å². The van der Waals surface area contributed by atoms with E-state index in [0.717, 1.165) is 0 Å². The number of amidine groups is 1. The molecule has 0 radical (unpaired) electrons. The second-order valence-corrected chi connectivity index (χ2v) is 10.3. The van der Waals surface area contributed by atoms with Gasteiger partial charge in [0.25, 0.3) is 0 Å². The summed E-state index contributed by atoms with van der Waals surface area (Å²) in [5.41, 5.74) is 4.43. The number of hydrogen-bond donors (Lipinski definition) is 4. The number of carbonyl (C=O) groups excluding carboxylic acids is 2. The highest BCUT2D eigenvalue weighted by Gasteiger charge is 2.28. The van der Waals surface area contributed by atoms with Crippen molar-refractivity contribution in [1.29, 1.82) is 5.26 Å². The summed E-state index contributed by atoms with van der Waals surface area (Å²) in [5, 5.41) is 38.1. The van der Waals surface area contributed by atoms with E-state index in [1.165, 1.54) is 16.8 Å². The third kappa shape index (κ3) is 16.8. The third-order valence-electron chi connectivity index (χ3n) is 4.68. The smallest absolute Gasteiger partial charge is 0.411 e. The molecule has 2 atom stereocenters. The first kappa shape index (κ1) is 35.4. The van der Waals surface area contributed by atoms with Gasteiger partial charge < -0.3 is 35.5 Å². The maximum Gasteiger partial charge on any atom is 0.411 e. The summed E-state index contributed by atoms with van der Waals surface area (Å²) in [4.78, 5) is 26.2. The summed E-state index contributed by atoms with van der Waals surface area (Å²) in [6.07, 6.45) is 2.62. The van der Waals surface area contributed by atoms with Gasteiger partial charge in [0, 0.05) is 27.3 Å². The molecule has 2 amide bonds. The number of carbonyl (C=O) groups is 2. The Balaban J connectivity index is 0. The van der Waals surface area contributed by atoms with Crippen molar-refractivity contribution in [2.75, 3.05) is 27.3 Å². The van der Waals surface area contributed by atoms with Crippen LogP contribution in [0.5, 0.6) is 0 Å². The number of amides is 2. The minimum absolute atomic E-state index is 0.0497. The van der Waals surface area contributed by atoms with Crippen LogP contribution in [0.3, 0.4) is 0 Å². The molecule has 0 aromatic carbocycles. The Bertz CT molecular complexity index is 711. The third-order valence-corrected chi connectivity index (χ3v) is 4.68. The molecule has 12 nitrogen and oxygen atoms in total. The van der Waals surface area contributed by atoms with Crippen molar-refractivity contribution in [3.8, 4) is 6.07 Å². The zero-order chi connectivity index (χ0) is 28.5. The molecule has 0 saturated carbocycles. The highest BCUT2D eigenvalue weighted by atomic mass is 16.6. The maximum atomic E-state index is 11.9. The van der Waals surface area contributed by atoms with Gasteiger partial charge in [0.1, 0.15) is 17.2 Å². The highest BCUT2D eigenvalue weighted by Crippen LogP contribution is 2.15. The molecule has 5 N–H and O–H groups in total. The Labute approximate surface area is 215 Å². The van der Waals surface area contributed by atoms with Gasteiger partial charge in [-0.1, -0.05) is 5.16 Å². The van der Waals surface area contributed by atoms with Crippen molar-refractivity contribution >= 4 is 18.0 Å². The molecule has 0 spiro atoms. The molecular formula is C24H47N5O7. The zero-order valence-electron chi connectivity index (χ0n) is 23.2. The number of unbranched alkanes of at least 4 members (excludes halogenated alkanes) is 2. The molecular weight excluding hydrogens is 470 g/mol. The fourth-order valence-corrected chi connectivity index (χ4v) is 2.77. The molecule has 0 aromatic heterocycles. The van der Waals surface area contributed by atoms with Crippen LogP contribution in [0.25, 0.3) is 0 Å². The molecule has 2 unspecified atom stereocenters. The number of hydrogen-bond acceptors (Lipinski definition) is 9. The lowest BCUT2D eigenvalue weighted by Gasteiger charge is -2.30. The Morgan fingerprint density at radius 1 is 0.889 bits per heavy atom. The number of aliphatic hydroxyl groups is 2. The van der Waals surface area contributed by atoms with Crippen LogP contribution in [-0.2, 0) is 9.47 Å². The van der Waals surface area contributed by atoms with Gasteiger partial charge in [-0.05, 0) is 80.1 Å². The van der Waals surface area contributed by atoms with Crippen molar-refractivity contribution in [2.45, 2.75) is 103 Å². The van der Waals surface area contributed by atoms with Crippen molar-refractivity contribution in [3.63, 3.8) is 0 Å². The van der Waals surface area contributed by atoms with Crippen molar-refractivity contribution in [3.05, 3.63) is 0 Å². The second kappa shape index (κ2) is 17.6. The van der Waals surface area contributed by atoms with E-state index in [1.807, 2.05) is 0 Å². The van der Waals surface area contributed by atoms with Gasteiger partial charge in [0.05, 0.1) is 12.1 Å². The molecule has 210 valence electrons. The van der Waals surface area contributed by atoms with E-state index >= 15 is 0 Å². The Hall–Kier alpha value is -2.78. The van der Waals surface area contributed by atoms with Gasteiger partial charge >= 0.3 is 12.2 Å². The van der Waals surface area contributed by atoms with Gasteiger partial charge in [-0.15, -0.1) is 0 Å². The standard InChI is InChI=1S/C12H25N3O4.C12H22N2O3/c1-12(2,3)19-11(17)15(4)9(10(13)14-18)7-5-6-8-16;1-12(2,3)17-11(16)14(4)10(9-13)7-5-6-8-15/h9,16,18H,5-8H2,1-4H3,(H2,13,14);10,15H,5-8H2,1-4H3. The zero-order valence-corrected chi connectivity index (χ0v) is 23.2. The number of likely N-dealkylation sites (N-methyl/N-ethyl adjacent to an activating group) is 1. The summed E-state index contributed by atoms with van der Waals surface area (Å²) in [5.74, 6) is -0.0497. The maximum absolute atomic E-state index is 11.9. The van der Waals surface area contributed by atoms with Crippen molar-refractivity contribution in [2.24, 2.45) is 10.9 Å². The fourth-order valence-electron chi connectivity index (χ4n) is 2.77. The highest BCUT2D eigenvalue weighted by molar-refractivity contribution is 5.88. The van der Waals surface area contributed by atoms with E-state index in [9.17, 15) is 9.59 Å². The van der Waals surface area contributed by atoms with Crippen LogP contribution in [0.1, 0.15) is 80.1 Å². The number of oxime groups is 1. The molecule has 0 rings (SSSR count). The molecule has 0 aliphatic heterocycles. The summed E-state index contributed by atoms with van der Waals surface area (Å²) in [6.45, 7) is 10.8. The molecule has 36 heavy (non-hydrogen) atoms. The average molecular weight is 518 g/mol. The fraction of sp³-hybridized carbons (Fsp3) is 0.833. The van der Waals surface area contributed by atoms with Crippen LogP contribution in [0.4, 0.5) is 9.59 Å². The molecule has 0 heterocycles. The molecule has 0 bridgehead atoms. The van der Waals surface area contributed by atoms with E-state index in [2.05, 4.69) is 11.2 Å². The molecule has 0 saturated heterocycles. The summed E-state index contributed by atoms with van der Waals surface area (Å²) in [6, 6.07) is 1.02. The molecule has 0 aromatic rings. The van der Waals surface area contributed by atoms with Crippen LogP contribution >= 0.6 is 0 Å². The van der Waals surface area contributed by atoms with Gasteiger partial charge in [-0.2, -0.15) is 5.26 Å². The molecule has 0 aliphatic carbocycles. The van der Waals surface area contributed by atoms with Gasteiger partial charge in [0.2, 0.25) is 0 Å². The first-order valence-corrected chi connectivity index (χ1v) is 12.0. The minimum atomic E-state index is -0.605. The molecule has 12 heteroatoms. The van der Waals surface area contributed by atoms with E-state index in [1.54, 1.807) is 48.6 Å². The SMILES string of the molecule is CN(C(=O)OC(C)(C)C)C(C#N)CCCCO.CN(C(=O)OC(C)(C)C)C(CCCCO)C(N)=NO. The molecule has 0 aliphatic rings. The normalized spacial score (nSPS) is 13.4. The summed E-state index contributed by atoms with van der Waals surface area (Å²) >= 11 is 0. The van der Waals surface area contributed by atoms with Crippen LogP contribution in [0, 0.1) is 11.3 Å². The average Bonchev–Trinajstić information content (AvgIpc) is 2.76. The number of ether oxygens (including phenoxy) is 2. The largest absolute Gasteiger partial charge is 0.444 e. The van der Waals surface area contributed by atoms with Crippen LogP contribution in [0.15, 0.2) is 5.16 Å². The predicted octanol–water partition coefficient (Wildman–Crippen LogP) is 3.04. The minimum Gasteiger partial charge on any atom is -0.444 e. The second-order valence-electron chi connectivity index (χ2n) is 10.3. The first-order valence-electron chi connectivity index (χ1n) is 12.0. The Morgan fingerprint density at radius 3 is 1.67 bits per heavy atom. The van der Waals surface area contributed by atoms with E-state index < -0.39 is 35.5 Å². The van der Waals surface area contributed by atoms with E-state index in [4.69, 9.17) is 35.9 Å². The van der Waals surface area contributed by atoms with Gasteiger partial charge in [-0.25, -0.2) is 9.59 Å². The van der Waals surface area contributed by atoms with Gasteiger partial charge in [0.15, 0.2) is 5.84 Å². The Morgan fingerprint density at radius 2 is 1.31 bits per heavy atom. The van der Waals surface area contributed by atoms with E-state index in [-0.39, 0.29) is 19.0 Å². The predicted molar refractivity (Wildman–Crippen MR) is 136 cm³/mol. The lowest BCUT2D eigenvalue weighted by molar-refractivity contribution is 0.0244. The Kier molecular flexibility index (Phi) is 17.3. The first-order chi connectivity index (χ1) is 16.5. The lowest BCUT2D eigenvalue weighted by atomic mass is 10.1. The number of aliphatic hydroxyl groups excluding tert-OH is 2. The number of nitriles is 1. The monoisotopic (exact) mass is 517 g/mol. The van der Waals surface area contributed by atoms with Crippen LogP contribution in [0.2, 0.25) is 0 Å². The van der Waals surface area contributed by atoms with Crippen molar-refractivity contribution < 1.29 is 34.5 Å². The van der Waals surface area contributed by atoms with Gasteiger partial charge in [-0.3, -0.25) is 4.90 Å². The van der Waals surface area contributed by atoms with Crippen molar-refractivity contribution in [1.82, 2.24) is 9.80 Å². The van der Waals surface area contributed by atoms with Crippen LogP contribution in [-0.4, -0.2) is 93.8 Å².